The van der Waals surface area contributed by atoms with Gasteiger partial charge in [0.2, 0.25) is 10.0 Å². The molecule has 0 heterocycles. The van der Waals surface area contributed by atoms with Crippen LogP contribution in [-0.4, -0.2) is 32.4 Å². The Labute approximate surface area is 130 Å². The zero-order valence-electron chi connectivity index (χ0n) is 11.9. The molecule has 1 aromatic rings. The highest BCUT2D eigenvalue weighted by molar-refractivity contribution is 7.89. The quantitative estimate of drug-likeness (QED) is 0.920. The first-order valence-electron chi connectivity index (χ1n) is 7.01. The highest BCUT2D eigenvalue weighted by Gasteiger charge is 2.35. The van der Waals surface area contributed by atoms with Crippen molar-refractivity contribution in [3.05, 3.63) is 29.0 Å². The van der Waals surface area contributed by atoms with Crippen LogP contribution in [0.4, 0.5) is 4.39 Å². The number of benzene rings is 1. The van der Waals surface area contributed by atoms with Gasteiger partial charge in [-0.25, -0.2) is 12.8 Å². The Morgan fingerprint density at radius 1 is 1.38 bits per heavy atom. The van der Waals surface area contributed by atoms with Gasteiger partial charge in [0.1, 0.15) is 10.7 Å². The first kappa shape index (κ1) is 16.7. The van der Waals surface area contributed by atoms with Crippen LogP contribution in [-0.2, 0) is 10.0 Å². The van der Waals surface area contributed by atoms with Gasteiger partial charge in [-0.2, -0.15) is 4.31 Å². The molecule has 0 bridgehead atoms. The molecule has 0 amide bonds. The predicted octanol–water partition coefficient (Wildman–Crippen LogP) is 2.62. The van der Waals surface area contributed by atoms with Crippen molar-refractivity contribution >= 4 is 21.6 Å². The van der Waals surface area contributed by atoms with E-state index < -0.39 is 15.8 Å². The van der Waals surface area contributed by atoms with E-state index in [2.05, 4.69) is 0 Å². The van der Waals surface area contributed by atoms with E-state index in [1.165, 1.54) is 10.4 Å². The summed E-state index contributed by atoms with van der Waals surface area (Å²) in [6, 6.07) is 3.20. The Hall–Kier alpha value is -0.690. The molecule has 1 fully saturated rings. The van der Waals surface area contributed by atoms with Gasteiger partial charge in [-0.15, -0.1) is 0 Å². The molecule has 1 aliphatic rings. The summed E-state index contributed by atoms with van der Waals surface area (Å²) in [5.41, 5.74) is 5.77. The van der Waals surface area contributed by atoms with Crippen molar-refractivity contribution in [1.29, 1.82) is 0 Å². The maximum absolute atomic E-state index is 13.1. The van der Waals surface area contributed by atoms with Gasteiger partial charge in [0.15, 0.2) is 0 Å². The lowest BCUT2D eigenvalue weighted by Gasteiger charge is -2.36. The van der Waals surface area contributed by atoms with E-state index in [-0.39, 0.29) is 21.9 Å². The van der Waals surface area contributed by atoms with Crippen molar-refractivity contribution in [2.45, 2.75) is 36.6 Å². The smallest absolute Gasteiger partial charge is 0.244 e. The zero-order valence-corrected chi connectivity index (χ0v) is 13.5. The molecule has 2 N–H and O–H groups in total. The number of hydrogen-bond acceptors (Lipinski definition) is 3. The van der Waals surface area contributed by atoms with Gasteiger partial charge in [0.25, 0.3) is 0 Å². The van der Waals surface area contributed by atoms with Crippen molar-refractivity contribution in [2.24, 2.45) is 11.7 Å². The molecule has 2 unspecified atom stereocenters. The molecule has 7 heteroatoms. The fourth-order valence-corrected chi connectivity index (χ4v) is 4.91. The number of sulfonamides is 1. The largest absolute Gasteiger partial charge is 0.330 e. The summed E-state index contributed by atoms with van der Waals surface area (Å²) in [4.78, 5) is -0.0607. The highest BCUT2D eigenvalue weighted by Crippen LogP contribution is 2.32. The van der Waals surface area contributed by atoms with Crippen LogP contribution in [0.25, 0.3) is 0 Å². The van der Waals surface area contributed by atoms with Crippen LogP contribution < -0.4 is 5.73 Å². The van der Waals surface area contributed by atoms with Crippen molar-refractivity contribution in [3.63, 3.8) is 0 Å². The minimum atomic E-state index is -3.75. The Bertz CT molecular complexity index is 609. The molecular weight excluding hydrogens is 315 g/mol. The molecule has 2 atom stereocenters. The lowest BCUT2D eigenvalue weighted by atomic mass is 9.85. The summed E-state index contributed by atoms with van der Waals surface area (Å²) < 4.78 is 39.9. The van der Waals surface area contributed by atoms with Gasteiger partial charge in [-0.1, -0.05) is 24.4 Å². The maximum atomic E-state index is 13.1. The minimum absolute atomic E-state index is 0.0607. The van der Waals surface area contributed by atoms with E-state index >= 15 is 0 Å². The van der Waals surface area contributed by atoms with Crippen LogP contribution in [0.1, 0.15) is 25.7 Å². The number of halogens is 2. The molecule has 0 saturated heterocycles. The Morgan fingerprint density at radius 2 is 2.05 bits per heavy atom. The normalized spacial score (nSPS) is 23.5. The van der Waals surface area contributed by atoms with Gasteiger partial charge in [0, 0.05) is 13.1 Å². The van der Waals surface area contributed by atoms with Gasteiger partial charge < -0.3 is 5.73 Å². The lowest BCUT2D eigenvalue weighted by Crippen LogP contribution is -2.45. The summed E-state index contributed by atoms with van der Waals surface area (Å²) >= 11 is 5.90. The Kier molecular flexibility index (Phi) is 5.24. The van der Waals surface area contributed by atoms with Crippen molar-refractivity contribution in [3.8, 4) is 0 Å². The predicted molar refractivity (Wildman–Crippen MR) is 81.2 cm³/mol. The molecule has 4 nitrogen and oxygen atoms in total. The lowest BCUT2D eigenvalue weighted by molar-refractivity contribution is 0.204. The minimum Gasteiger partial charge on any atom is -0.330 e. The van der Waals surface area contributed by atoms with Crippen LogP contribution in [0, 0.1) is 11.7 Å². The zero-order chi connectivity index (χ0) is 15.6. The third-order valence-corrected chi connectivity index (χ3v) is 6.56. The van der Waals surface area contributed by atoms with Gasteiger partial charge >= 0.3 is 0 Å². The Balaban J connectivity index is 2.33. The molecule has 0 spiro atoms. The first-order valence-corrected chi connectivity index (χ1v) is 8.83. The number of nitrogens with zero attached hydrogens (tertiary/aromatic N) is 1. The molecule has 0 radical (unpaired) electrons. The molecule has 118 valence electrons. The number of rotatable bonds is 4. The van der Waals surface area contributed by atoms with Crippen molar-refractivity contribution in [2.75, 3.05) is 13.6 Å². The standard InChI is InChI=1S/C14H20ClFN2O2S/c1-18(13-5-3-2-4-10(13)9-17)21(19,20)14-7-6-11(16)8-12(14)15/h6-8,10,13H,2-5,9,17H2,1H3. The Morgan fingerprint density at radius 3 is 2.67 bits per heavy atom. The van der Waals surface area contributed by atoms with E-state index in [0.29, 0.717) is 6.54 Å². The van der Waals surface area contributed by atoms with Crippen LogP contribution in [0.15, 0.2) is 23.1 Å². The monoisotopic (exact) mass is 334 g/mol. The molecule has 0 aromatic heterocycles. The summed E-state index contributed by atoms with van der Waals surface area (Å²) in [5, 5.41) is -0.0954. The summed E-state index contributed by atoms with van der Waals surface area (Å²) in [6.45, 7) is 0.460. The van der Waals surface area contributed by atoms with E-state index in [9.17, 15) is 12.8 Å². The van der Waals surface area contributed by atoms with E-state index in [0.717, 1.165) is 37.8 Å². The highest BCUT2D eigenvalue weighted by atomic mass is 35.5. The molecular formula is C14H20ClFN2O2S. The fourth-order valence-electron chi connectivity index (χ4n) is 2.96. The van der Waals surface area contributed by atoms with Crippen molar-refractivity contribution < 1.29 is 12.8 Å². The molecule has 1 aliphatic carbocycles. The number of hydrogen-bond donors (Lipinski definition) is 1. The van der Waals surface area contributed by atoms with E-state index in [1.54, 1.807) is 7.05 Å². The third-order valence-electron chi connectivity index (χ3n) is 4.19. The first-order chi connectivity index (χ1) is 9.87. The second-order valence-electron chi connectivity index (χ2n) is 5.44. The molecule has 1 aromatic carbocycles. The maximum Gasteiger partial charge on any atom is 0.244 e. The second-order valence-corrected chi connectivity index (χ2v) is 7.82. The van der Waals surface area contributed by atoms with E-state index in [4.69, 9.17) is 17.3 Å². The molecule has 2 rings (SSSR count). The molecule has 0 aliphatic heterocycles. The van der Waals surface area contributed by atoms with Gasteiger partial charge in [-0.3, -0.25) is 0 Å². The summed E-state index contributed by atoms with van der Waals surface area (Å²) in [6.07, 6.45) is 3.77. The number of nitrogens with two attached hydrogens (primary N) is 1. The van der Waals surface area contributed by atoms with Gasteiger partial charge in [0.05, 0.1) is 5.02 Å². The summed E-state index contributed by atoms with van der Waals surface area (Å²) in [7, 11) is -2.20. The molecule has 21 heavy (non-hydrogen) atoms. The van der Waals surface area contributed by atoms with Crippen LogP contribution in [0.3, 0.4) is 0 Å². The summed E-state index contributed by atoms with van der Waals surface area (Å²) in [5.74, 6) is -0.406. The molecule has 1 saturated carbocycles. The SMILES string of the molecule is CN(C1CCCCC1CN)S(=O)(=O)c1ccc(F)cc1Cl. The van der Waals surface area contributed by atoms with Crippen LogP contribution in [0.5, 0.6) is 0 Å². The second kappa shape index (κ2) is 6.60. The third kappa shape index (κ3) is 3.39. The fraction of sp³-hybridized carbons (Fsp3) is 0.571. The van der Waals surface area contributed by atoms with E-state index in [1.807, 2.05) is 0 Å². The van der Waals surface area contributed by atoms with Crippen LogP contribution in [0.2, 0.25) is 5.02 Å². The van der Waals surface area contributed by atoms with Gasteiger partial charge in [-0.05, 0) is 43.5 Å². The van der Waals surface area contributed by atoms with Crippen LogP contribution >= 0.6 is 11.6 Å². The average Bonchev–Trinajstić information content (AvgIpc) is 2.46. The van der Waals surface area contributed by atoms with Crippen molar-refractivity contribution in [1.82, 2.24) is 4.31 Å². The average molecular weight is 335 g/mol. The topological polar surface area (TPSA) is 63.4 Å².